The highest BCUT2D eigenvalue weighted by Crippen LogP contribution is 2.23. The van der Waals surface area contributed by atoms with Crippen LogP contribution in [0, 0.1) is 0 Å². The molecule has 1 aromatic carbocycles. The summed E-state index contributed by atoms with van der Waals surface area (Å²) >= 11 is 2.01. The second-order valence-electron chi connectivity index (χ2n) is 3.99. The largest absolute Gasteiger partial charge is 0.491 e. The monoisotopic (exact) mass is 253 g/mol. The molecule has 1 aliphatic rings. The zero-order chi connectivity index (χ0) is 11.9. The van der Waals surface area contributed by atoms with E-state index in [-0.39, 0.29) is 0 Å². The molecule has 4 heteroatoms. The van der Waals surface area contributed by atoms with Gasteiger partial charge in [-0.05, 0) is 17.7 Å². The summed E-state index contributed by atoms with van der Waals surface area (Å²) in [5.41, 5.74) is 1.34. The van der Waals surface area contributed by atoms with Gasteiger partial charge in [-0.1, -0.05) is 12.1 Å². The van der Waals surface area contributed by atoms with Gasteiger partial charge in [-0.3, -0.25) is 0 Å². The maximum atomic E-state index is 5.54. The fourth-order valence-corrected chi connectivity index (χ4v) is 2.79. The van der Waals surface area contributed by atoms with Gasteiger partial charge in [0.05, 0.1) is 6.61 Å². The summed E-state index contributed by atoms with van der Waals surface area (Å²) in [4.78, 5) is 0. The lowest BCUT2D eigenvalue weighted by Gasteiger charge is -2.23. The molecule has 94 valence electrons. The molecule has 0 aliphatic carbocycles. The van der Waals surface area contributed by atoms with Crippen LogP contribution in [0.15, 0.2) is 24.3 Å². The minimum absolute atomic E-state index is 0.488. The molecule has 1 fully saturated rings. The van der Waals surface area contributed by atoms with Gasteiger partial charge < -0.3 is 14.8 Å². The summed E-state index contributed by atoms with van der Waals surface area (Å²) in [6.07, 6.45) is 0. The van der Waals surface area contributed by atoms with Crippen LogP contribution in [-0.4, -0.2) is 38.4 Å². The number of methoxy groups -OCH3 is 1. The van der Waals surface area contributed by atoms with Gasteiger partial charge in [0.25, 0.3) is 0 Å². The van der Waals surface area contributed by atoms with Crippen molar-refractivity contribution in [1.82, 2.24) is 5.32 Å². The van der Waals surface area contributed by atoms with Crippen LogP contribution in [-0.2, 0) is 4.74 Å². The van der Waals surface area contributed by atoms with Gasteiger partial charge in [0, 0.05) is 31.2 Å². The van der Waals surface area contributed by atoms with E-state index in [2.05, 4.69) is 17.4 Å². The Morgan fingerprint density at radius 3 is 2.76 bits per heavy atom. The highest BCUT2D eigenvalue weighted by Gasteiger charge is 2.14. The Balaban J connectivity index is 1.88. The van der Waals surface area contributed by atoms with E-state index in [1.807, 2.05) is 23.9 Å². The molecule has 0 radical (unpaired) electrons. The van der Waals surface area contributed by atoms with Gasteiger partial charge >= 0.3 is 0 Å². The Morgan fingerprint density at radius 2 is 2.12 bits per heavy atom. The molecule has 2 rings (SSSR count). The zero-order valence-electron chi connectivity index (χ0n) is 10.1. The summed E-state index contributed by atoms with van der Waals surface area (Å²) in [6, 6.07) is 8.84. The first-order valence-corrected chi connectivity index (χ1v) is 7.08. The summed E-state index contributed by atoms with van der Waals surface area (Å²) < 4.78 is 10.5. The summed E-state index contributed by atoms with van der Waals surface area (Å²) in [5.74, 6) is 3.28. The molecule has 3 nitrogen and oxygen atoms in total. The maximum absolute atomic E-state index is 5.54. The Morgan fingerprint density at radius 1 is 1.29 bits per heavy atom. The van der Waals surface area contributed by atoms with E-state index in [1.54, 1.807) is 7.11 Å². The molecule has 17 heavy (non-hydrogen) atoms. The smallest absolute Gasteiger partial charge is 0.119 e. The maximum Gasteiger partial charge on any atom is 0.119 e. The number of rotatable bonds is 5. The van der Waals surface area contributed by atoms with Gasteiger partial charge in [0.1, 0.15) is 12.4 Å². The number of hydrogen-bond donors (Lipinski definition) is 1. The molecule has 1 unspecified atom stereocenters. The van der Waals surface area contributed by atoms with Gasteiger partial charge in [-0.2, -0.15) is 11.8 Å². The fraction of sp³-hybridized carbons (Fsp3) is 0.538. The van der Waals surface area contributed by atoms with E-state index >= 15 is 0 Å². The minimum atomic E-state index is 0.488. The van der Waals surface area contributed by atoms with Crippen molar-refractivity contribution in [1.29, 1.82) is 0 Å². The van der Waals surface area contributed by atoms with Crippen LogP contribution in [0.5, 0.6) is 5.75 Å². The van der Waals surface area contributed by atoms with E-state index < -0.39 is 0 Å². The molecule has 0 bridgehead atoms. The highest BCUT2D eigenvalue weighted by atomic mass is 32.2. The Kier molecular flexibility index (Phi) is 5.16. The molecule has 1 heterocycles. The van der Waals surface area contributed by atoms with Gasteiger partial charge in [-0.25, -0.2) is 0 Å². The molecule has 1 aromatic rings. The third kappa shape index (κ3) is 3.91. The van der Waals surface area contributed by atoms with Crippen molar-refractivity contribution in [3.8, 4) is 5.75 Å². The number of hydrogen-bond acceptors (Lipinski definition) is 4. The van der Waals surface area contributed by atoms with Crippen molar-refractivity contribution >= 4 is 11.8 Å². The van der Waals surface area contributed by atoms with Crippen LogP contribution in [0.2, 0.25) is 0 Å². The lowest BCUT2D eigenvalue weighted by atomic mass is 10.1. The molecule has 0 aromatic heterocycles. The van der Waals surface area contributed by atoms with E-state index in [0.717, 1.165) is 18.0 Å². The number of benzene rings is 1. The topological polar surface area (TPSA) is 30.5 Å². The number of ether oxygens (including phenoxy) is 2. The molecule has 0 saturated carbocycles. The molecule has 0 spiro atoms. The summed E-state index contributed by atoms with van der Waals surface area (Å²) in [6.45, 7) is 2.33. The zero-order valence-corrected chi connectivity index (χ0v) is 11.0. The van der Waals surface area contributed by atoms with Crippen molar-refractivity contribution in [2.24, 2.45) is 0 Å². The first-order valence-electron chi connectivity index (χ1n) is 5.93. The Bertz CT molecular complexity index is 323. The molecule has 1 aliphatic heterocycles. The predicted octanol–water partition coefficient (Wildman–Crippen LogP) is 2.09. The molecular weight excluding hydrogens is 234 g/mol. The standard InChI is InChI=1S/C13H19NO2S/c1-15-7-8-16-12-4-2-11(3-5-12)13-10-17-9-6-14-13/h2-5,13-14H,6-10H2,1H3. The highest BCUT2D eigenvalue weighted by molar-refractivity contribution is 7.99. The SMILES string of the molecule is COCCOc1ccc(C2CSCCN2)cc1. The average molecular weight is 253 g/mol. The van der Waals surface area contributed by atoms with Gasteiger partial charge in [-0.15, -0.1) is 0 Å². The van der Waals surface area contributed by atoms with Crippen LogP contribution in [0.1, 0.15) is 11.6 Å². The van der Waals surface area contributed by atoms with Crippen LogP contribution in [0.4, 0.5) is 0 Å². The fourth-order valence-electron chi connectivity index (χ4n) is 1.82. The van der Waals surface area contributed by atoms with E-state index in [0.29, 0.717) is 19.3 Å². The van der Waals surface area contributed by atoms with Crippen LogP contribution < -0.4 is 10.1 Å². The molecule has 0 amide bonds. The summed E-state index contributed by atoms with van der Waals surface area (Å²) in [7, 11) is 1.68. The second kappa shape index (κ2) is 6.89. The lowest BCUT2D eigenvalue weighted by molar-refractivity contribution is 0.146. The van der Waals surface area contributed by atoms with Crippen molar-refractivity contribution in [2.45, 2.75) is 6.04 Å². The van der Waals surface area contributed by atoms with Gasteiger partial charge in [0.2, 0.25) is 0 Å². The van der Waals surface area contributed by atoms with E-state index in [1.165, 1.54) is 11.3 Å². The van der Waals surface area contributed by atoms with Crippen LogP contribution in [0.3, 0.4) is 0 Å². The summed E-state index contributed by atoms with van der Waals surface area (Å²) in [5, 5.41) is 3.53. The van der Waals surface area contributed by atoms with Crippen LogP contribution in [0.25, 0.3) is 0 Å². The van der Waals surface area contributed by atoms with Crippen molar-refractivity contribution in [3.63, 3.8) is 0 Å². The minimum Gasteiger partial charge on any atom is -0.491 e. The molecule has 1 atom stereocenters. The average Bonchev–Trinajstić information content (AvgIpc) is 2.41. The molecule has 1 saturated heterocycles. The van der Waals surface area contributed by atoms with Crippen LogP contribution >= 0.6 is 11.8 Å². The van der Waals surface area contributed by atoms with Crippen molar-refractivity contribution in [2.75, 3.05) is 38.4 Å². The van der Waals surface area contributed by atoms with Crippen molar-refractivity contribution in [3.05, 3.63) is 29.8 Å². The first kappa shape index (κ1) is 12.7. The number of thioether (sulfide) groups is 1. The molecule has 1 N–H and O–H groups in total. The molecular formula is C13H19NO2S. The quantitative estimate of drug-likeness (QED) is 0.814. The van der Waals surface area contributed by atoms with Crippen molar-refractivity contribution < 1.29 is 9.47 Å². The Labute approximate surface area is 107 Å². The predicted molar refractivity (Wildman–Crippen MR) is 71.9 cm³/mol. The lowest BCUT2D eigenvalue weighted by Crippen LogP contribution is -2.30. The third-order valence-electron chi connectivity index (χ3n) is 2.76. The normalized spacial score (nSPS) is 20.2. The van der Waals surface area contributed by atoms with E-state index in [9.17, 15) is 0 Å². The van der Waals surface area contributed by atoms with E-state index in [4.69, 9.17) is 9.47 Å². The van der Waals surface area contributed by atoms with Gasteiger partial charge in [0.15, 0.2) is 0 Å². The first-order chi connectivity index (χ1) is 8.40. The second-order valence-corrected chi connectivity index (χ2v) is 5.14. The Hall–Kier alpha value is -0.710. The number of nitrogens with one attached hydrogen (secondary N) is 1. The third-order valence-corrected chi connectivity index (χ3v) is 3.82.